The third-order valence-electron chi connectivity index (χ3n) is 3.91. The lowest BCUT2D eigenvalue weighted by Gasteiger charge is -2.27. The highest BCUT2D eigenvalue weighted by atomic mass is 16.5. The molecule has 1 amide bonds. The van der Waals surface area contributed by atoms with Gasteiger partial charge in [-0.2, -0.15) is 5.26 Å². The van der Waals surface area contributed by atoms with E-state index in [2.05, 4.69) is 6.07 Å². The van der Waals surface area contributed by atoms with E-state index in [9.17, 15) is 4.79 Å². The van der Waals surface area contributed by atoms with Crippen molar-refractivity contribution in [3.05, 3.63) is 23.8 Å². The van der Waals surface area contributed by atoms with Gasteiger partial charge in [0.2, 0.25) is 0 Å². The Kier molecular flexibility index (Phi) is 5.04. The predicted octanol–water partition coefficient (Wildman–Crippen LogP) is 2.61. The van der Waals surface area contributed by atoms with E-state index in [1.807, 2.05) is 0 Å². The zero-order chi connectivity index (χ0) is 15.2. The van der Waals surface area contributed by atoms with Crippen LogP contribution in [0.2, 0.25) is 0 Å². The van der Waals surface area contributed by atoms with Crippen molar-refractivity contribution in [3.8, 4) is 17.6 Å². The molecule has 0 atom stereocenters. The third kappa shape index (κ3) is 3.27. The highest BCUT2D eigenvalue weighted by molar-refractivity contribution is 5.97. The quantitative estimate of drug-likeness (QED) is 0.781. The normalized spacial score (nSPS) is 14.5. The molecule has 1 saturated carbocycles. The van der Waals surface area contributed by atoms with Crippen LogP contribution < -0.4 is 9.47 Å². The molecule has 0 bridgehead atoms. The molecule has 5 nitrogen and oxygen atoms in total. The number of hydrogen-bond acceptors (Lipinski definition) is 4. The second-order valence-electron chi connectivity index (χ2n) is 5.10. The van der Waals surface area contributed by atoms with Gasteiger partial charge in [0.1, 0.15) is 18.0 Å². The molecule has 21 heavy (non-hydrogen) atoms. The number of carbonyl (C=O) groups excluding carboxylic acids is 1. The van der Waals surface area contributed by atoms with E-state index in [1.165, 1.54) is 7.11 Å². The number of hydrogen-bond donors (Lipinski definition) is 0. The van der Waals surface area contributed by atoms with Crippen LogP contribution in [0, 0.1) is 11.3 Å². The first-order valence-corrected chi connectivity index (χ1v) is 7.11. The molecule has 112 valence electrons. The molecular weight excluding hydrogens is 268 g/mol. The number of benzene rings is 1. The fraction of sp³-hybridized carbons (Fsp3) is 0.500. The summed E-state index contributed by atoms with van der Waals surface area (Å²) in [5.74, 6) is 0.958. The lowest BCUT2D eigenvalue weighted by atomic mass is 10.1. The number of methoxy groups -OCH3 is 2. The number of nitriles is 1. The van der Waals surface area contributed by atoms with Gasteiger partial charge < -0.3 is 14.4 Å². The second kappa shape index (κ2) is 6.98. The molecule has 5 heteroatoms. The summed E-state index contributed by atoms with van der Waals surface area (Å²) in [6, 6.07) is 7.36. The SMILES string of the molecule is COc1ccc(C(=O)N(CC#N)C2CCCC2)c(OC)c1. The minimum absolute atomic E-state index is 0.110. The Morgan fingerprint density at radius 3 is 2.62 bits per heavy atom. The third-order valence-corrected chi connectivity index (χ3v) is 3.91. The van der Waals surface area contributed by atoms with Crippen molar-refractivity contribution in [3.63, 3.8) is 0 Å². The van der Waals surface area contributed by atoms with Crippen LogP contribution in [0.1, 0.15) is 36.0 Å². The van der Waals surface area contributed by atoms with Crippen molar-refractivity contribution in [2.75, 3.05) is 20.8 Å². The van der Waals surface area contributed by atoms with E-state index in [1.54, 1.807) is 30.2 Å². The maximum absolute atomic E-state index is 12.8. The monoisotopic (exact) mass is 288 g/mol. The highest BCUT2D eigenvalue weighted by Gasteiger charge is 2.28. The van der Waals surface area contributed by atoms with Gasteiger partial charge in [-0.25, -0.2) is 0 Å². The summed E-state index contributed by atoms with van der Waals surface area (Å²) < 4.78 is 10.4. The van der Waals surface area contributed by atoms with E-state index in [4.69, 9.17) is 14.7 Å². The van der Waals surface area contributed by atoms with Gasteiger partial charge in [0, 0.05) is 12.1 Å². The first-order valence-electron chi connectivity index (χ1n) is 7.11. The molecule has 0 aliphatic heterocycles. The lowest BCUT2D eigenvalue weighted by Crippen LogP contribution is -2.39. The molecule has 1 aliphatic rings. The summed E-state index contributed by atoms with van der Waals surface area (Å²) in [7, 11) is 3.09. The molecule has 0 heterocycles. The lowest BCUT2D eigenvalue weighted by molar-refractivity contribution is 0.0706. The van der Waals surface area contributed by atoms with E-state index in [0.29, 0.717) is 17.1 Å². The second-order valence-corrected chi connectivity index (χ2v) is 5.10. The fourth-order valence-corrected chi connectivity index (χ4v) is 2.79. The van der Waals surface area contributed by atoms with Gasteiger partial charge in [-0.1, -0.05) is 12.8 Å². The maximum atomic E-state index is 12.8. The summed E-state index contributed by atoms with van der Waals surface area (Å²) in [4.78, 5) is 14.4. The van der Waals surface area contributed by atoms with Crippen LogP contribution in [0.3, 0.4) is 0 Å². The maximum Gasteiger partial charge on any atom is 0.258 e. The Balaban J connectivity index is 2.29. The van der Waals surface area contributed by atoms with Crippen molar-refractivity contribution in [1.29, 1.82) is 5.26 Å². The van der Waals surface area contributed by atoms with Crippen LogP contribution in [0.25, 0.3) is 0 Å². The van der Waals surface area contributed by atoms with Crippen molar-refractivity contribution >= 4 is 5.91 Å². The minimum atomic E-state index is -0.150. The van der Waals surface area contributed by atoms with Gasteiger partial charge in [-0.15, -0.1) is 0 Å². The highest BCUT2D eigenvalue weighted by Crippen LogP contribution is 2.29. The molecule has 1 fully saturated rings. The summed E-state index contributed by atoms with van der Waals surface area (Å²) in [6.07, 6.45) is 4.15. The standard InChI is InChI=1S/C16H20N2O3/c1-20-13-7-8-14(15(11-13)21-2)16(19)18(10-9-17)12-5-3-4-6-12/h7-8,11-12H,3-6,10H2,1-2H3. The summed E-state index contributed by atoms with van der Waals surface area (Å²) >= 11 is 0. The van der Waals surface area contributed by atoms with Gasteiger partial charge in [0.05, 0.1) is 25.9 Å². The number of amides is 1. The average molecular weight is 288 g/mol. The molecule has 1 aromatic carbocycles. The van der Waals surface area contributed by atoms with E-state index in [-0.39, 0.29) is 18.5 Å². The van der Waals surface area contributed by atoms with Crippen LogP contribution in [0.4, 0.5) is 0 Å². The van der Waals surface area contributed by atoms with Gasteiger partial charge in [0.15, 0.2) is 0 Å². The van der Waals surface area contributed by atoms with E-state index >= 15 is 0 Å². The Bertz CT molecular complexity index is 545. The van der Waals surface area contributed by atoms with E-state index < -0.39 is 0 Å². The van der Waals surface area contributed by atoms with E-state index in [0.717, 1.165) is 25.7 Å². The average Bonchev–Trinajstić information content (AvgIpc) is 3.05. The number of rotatable bonds is 5. The van der Waals surface area contributed by atoms with Crippen molar-refractivity contribution < 1.29 is 14.3 Å². The van der Waals surface area contributed by atoms with Gasteiger partial charge >= 0.3 is 0 Å². The molecule has 2 rings (SSSR count). The molecule has 1 aromatic rings. The molecule has 0 unspecified atom stereocenters. The summed E-state index contributed by atoms with van der Waals surface area (Å²) in [6.45, 7) is 0.110. The smallest absolute Gasteiger partial charge is 0.258 e. The number of nitrogens with zero attached hydrogens (tertiary/aromatic N) is 2. The molecule has 0 N–H and O–H groups in total. The van der Waals surface area contributed by atoms with Gasteiger partial charge in [-0.05, 0) is 25.0 Å². The molecule has 0 spiro atoms. The van der Waals surface area contributed by atoms with Crippen molar-refractivity contribution in [1.82, 2.24) is 4.90 Å². The molecule has 1 aliphatic carbocycles. The van der Waals surface area contributed by atoms with Crippen LogP contribution in [0.5, 0.6) is 11.5 Å². The fourth-order valence-electron chi connectivity index (χ4n) is 2.79. The summed E-state index contributed by atoms with van der Waals surface area (Å²) in [5.41, 5.74) is 0.473. The zero-order valence-corrected chi connectivity index (χ0v) is 12.5. The zero-order valence-electron chi connectivity index (χ0n) is 12.5. The largest absolute Gasteiger partial charge is 0.497 e. The Hall–Kier alpha value is -2.22. The first-order chi connectivity index (χ1) is 10.2. The topological polar surface area (TPSA) is 62.6 Å². The van der Waals surface area contributed by atoms with Crippen LogP contribution in [0.15, 0.2) is 18.2 Å². The van der Waals surface area contributed by atoms with Gasteiger partial charge in [0.25, 0.3) is 5.91 Å². The minimum Gasteiger partial charge on any atom is -0.497 e. The number of ether oxygens (including phenoxy) is 2. The van der Waals surface area contributed by atoms with Crippen LogP contribution >= 0.6 is 0 Å². The van der Waals surface area contributed by atoms with Crippen LogP contribution in [-0.4, -0.2) is 37.6 Å². The van der Waals surface area contributed by atoms with Crippen molar-refractivity contribution in [2.45, 2.75) is 31.7 Å². The Morgan fingerprint density at radius 2 is 2.05 bits per heavy atom. The molecule has 0 saturated heterocycles. The molecule has 0 radical (unpaired) electrons. The first kappa shape index (κ1) is 15.2. The van der Waals surface area contributed by atoms with Gasteiger partial charge in [-0.3, -0.25) is 4.79 Å². The van der Waals surface area contributed by atoms with Crippen LogP contribution in [-0.2, 0) is 0 Å². The Labute approximate surface area is 125 Å². The predicted molar refractivity (Wildman–Crippen MR) is 78.5 cm³/mol. The molecule has 0 aromatic heterocycles. The van der Waals surface area contributed by atoms with Crippen molar-refractivity contribution in [2.24, 2.45) is 0 Å². The number of carbonyl (C=O) groups is 1. The Morgan fingerprint density at radius 1 is 1.33 bits per heavy atom. The molecular formula is C16H20N2O3. The summed E-state index contributed by atoms with van der Waals surface area (Å²) in [5, 5.41) is 9.01.